The summed E-state index contributed by atoms with van der Waals surface area (Å²) in [6.07, 6.45) is 1.01. The van der Waals surface area contributed by atoms with E-state index < -0.39 is 11.7 Å². The zero-order chi connectivity index (χ0) is 20.9. The maximum Gasteiger partial charge on any atom is 0.232 e. The van der Waals surface area contributed by atoms with Crippen LogP contribution in [-0.2, 0) is 9.59 Å². The molecule has 0 fully saturated rings. The predicted octanol–water partition coefficient (Wildman–Crippen LogP) is 6.30. The van der Waals surface area contributed by atoms with Crippen molar-refractivity contribution in [2.24, 2.45) is 5.41 Å². The summed E-state index contributed by atoms with van der Waals surface area (Å²) in [5, 5.41) is 0.923. The van der Waals surface area contributed by atoms with Crippen LogP contribution in [0.25, 0.3) is 0 Å². The number of carbonyl (C=O) groups is 2. The minimum absolute atomic E-state index is 0.00108. The van der Waals surface area contributed by atoms with Gasteiger partial charge in [-0.2, -0.15) is 0 Å². The summed E-state index contributed by atoms with van der Waals surface area (Å²) in [7, 11) is 0. The van der Waals surface area contributed by atoms with Crippen molar-refractivity contribution in [1.82, 2.24) is 0 Å². The summed E-state index contributed by atoms with van der Waals surface area (Å²) < 4.78 is 13.9. The maximum absolute atomic E-state index is 13.9. The summed E-state index contributed by atoms with van der Waals surface area (Å²) in [5.41, 5.74) is 2.09. The molecule has 1 amide bonds. The second-order valence-corrected chi connectivity index (χ2v) is 9.28. The number of allylic oxidation sites excluding steroid dienone is 2. The number of nitrogens with zero attached hydrogens (tertiary/aromatic N) is 1. The number of anilines is 1. The first kappa shape index (κ1) is 20.1. The number of hydrogen-bond donors (Lipinski definition) is 0. The fourth-order valence-electron chi connectivity index (χ4n) is 4.38. The van der Waals surface area contributed by atoms with Gasteiger partial charge in [-0.15, -0.1) is 0 Å². The fraction of sp³-hybridized carbons (Fsp3) is 0.304. The van der Waals surface area contributed by atoms with Gasteiger partial charge in [0.2, 0.25) is 5.91 Å². The average molecular weight is 432 g/mol. The number of hydrogen-bond acceptors (Lipinski definition) is 2. The SMILES string of the molecule is CC1(C)CC(=O)C2=C(C1)N(c1cccc(F)c1)C(=O)CC2c1ccc(Cl)cc1Cl. The molecule has 0 radical (unpaired) electrons. The Morgan fingerprint density at radius 3 is 2.52 bits per heavy atom. The van der Waals surface area contributed by atoms with Gasteiger partial charge >= 0.3 is 0 Å². The number of ketones is 1. The standard InChI is InChI=1S/C23H20Cl2FNO2/c1-23(2)11-19-22(20(28)12-23)17(16-7-6-13(24)8-18(16)25)10-21(29)27(19)15-5-3-4-14(26)9-15/h3-9,17H,10-12H2,1-2H3. The highest BCUT2D eigenvalue weighted by Crippen LogP contribution is 2.49. The van der Waals surface area contributed by atoms with Crippen molar-refractivity contribution in [3.63, 3.8) is 0 Å². The number of benzene rings is 2. The topological polar surface area (TPSA) is 37.4 Å². The number of Topliss-reactive ketones (excluding diaryl/α,β-unsaturated/α-hetero) is 1. The lowest BCUT2D eigenvalue weighted by Gasteiger charge is -2.43. The molecule has 0 aromatic heterocycles. The molecule has 0 spiro atoms. The Bertz CT molecular complexity index is 1060. The highest BCUT2D eigenvalue weighted by molar-refractivity contribution is 6.35. The predicted molar refractivity (Wildman–Crippen MR) is 113 cm³/mol. The minimum Gasteiger partial charge on any atom is -0.294 e. The number of rotatable bonds is 2. The number of carbonyl (C=O) groups excluding carboxylic acids is 2. The molecule has 1 heterocycles. The Kier molecular flexibility index (Phi) is 5.04. The van der Waals surface area contributed by atoms with Crippen LogP contribution in [0.4, 0.5) is 10.1 Å². The van der Waals surface area contributed by atoms with E-state index in [0.29, 0.717) is 45.4 Å². The molecule has 0 saturated heterocycles. The van der Waals surface area contributed by atoms with Gasteiger partial charge in [0.1, 0.15) is 5.82 Å². The number of halogens is 3. The van der Waals surface area contributed by atoms with Crippen LogP contribution >= 0.6 is 23.2 Å². The van der Waals surface area contributed by atoms with Gasteiger partial charge in [-0.05, 0) is 47.7 Å². The molecule has 29 heavy (non-hydrogen) atoms. The molecule has 0 N–H and O–H groups in total. The van der Waals surface area contributed by atoms with Crippen LogP contribution in [0.3, 0.4) is 0 Å². The van der Waals surface area contributed by atoms with Gasteiger partial charge in [0.15, 0.2) is 5.78 Å². The van der Waals surface area contributed by atoms with E-state index in [-0.39, 0.29) is 23.5 Å². The summed E-state index contributed by atoms with van der Waals surface area (Å²) >= 11 is 12.5. The first-order chi connectivity index (χ1) is 13.7. The average Bonchev–Trinajstić information content (AvgIpc) is 2.59. The summed E-state index contributed by atoms with van der Waals surface area (Å²) in [4.78, 5) is 28.0. The highest BCUT2D eigenvalue weighted by Gasteiger charge is 2.44. The zero-order valence-corrected chi connectivity index (χ0v) is 17.6. The molecular weight excluding hydrogens is 412 g/mol. The van der Waals surface area contributed by atoms with Crippen molar-refractivity contribution in [2.45, 2.75) is 39.0 Å². The molecule has 3 nitrogen and oxygen atoms in total. The van der Waals surface area contributed by atoms with Crippen LogP contribution in [0.2, 0.25) is 10.0 Å². The number of amides is 1. The first-order valence-corrected chi connectivity index (χ1v) is 10.2. The molecule has 0 bridgehead atoms. The zero-order valence-electron chi connectivity index (χ0n) is 16.1. The van der Waals surface area contributed by atoms with Crippen LogP contribution in [0.1, 0.15) is 44.6 Å². The highest BCUT2D eigenvalue weighted by atomic mass is 35.5. The third kappa shape index (κ3) is 3.72. The van der Waals surface area contributed by atoms with E-state index in [1.54, 1.807) is 30.3 Å². The van der Waals surface area contributed by atoms with E-state index in [1.807, 2.05) is 13.8 Å². The van der Waals surface area contributed by atoms with Gasteiger partial charge in [0.05, 0.1) is 5.69 Å². The molecule has 2 aromatic carbocycles. The summed E-state index contributed by atoms with van der Waals surface area (Å²) in [6, 6.07) is 11.0. The minimum atomic E-state index is -0.435. The van der Waals surface area contributed by atoms with Gasteiger partial charge in [-0.25, -0.2) is 4.39 Å². The van der Waals surface area contributed by atoms with Crippen LogP contribution in [-0.4, -0.2) is 11.7 Å². The Morgan fingerprint density at radius 2 is 1.83 bits per heavy atom. The van der Waals surface area contributed by atoms with Crippen molar-refractivity contribution in [2.75, 3.05) is 4.90 Å². The monoisotopic (exact) mass is 431 g/mol. The molecule has 1 unspecified atom stereocenters. The lowest BCUT2D eigenvalue weighted by molar-refractivity contribution is -0.121. The van der Waals surface area contributed by atoms with Crippen LogP contribution in [0, 0.1) is 11.2 Å². The van der Waals surface area contributed by atoms with E-state index in [1.165, 1.54) is 17.0 Å². The largest absolute Gasteiger partial charge is 0.294 e. The smallest absolute Gasteiger partial charge is 0.232 e. The van der Waals surface area contributed by atoms with Crippen molar-refractivity contribution < 1.29 is 14.0 Å². The van der Waals surface area contributed by atoms with E-state index in [0.717, 1.165) is 0 Å². The molecule has 2 aromatic rings. The van der Waals surface area contributed by atoms with E-state index in [9.17, 15) is 14.0 Å². The summed E-state index contributed by atoms with van der Waals surface area (Å²) in [5.74, 6) is -1.05. The molecule has 2 aliphatic rings. The van der Waals surface area contributed by atoms with Crippen molar-refractivity contribution in [3.8, 4) is 0 Å². The maximum atomic E-state index is 13.9. The van der Waals surface area contributed by atoms with Crippen LogP contribution in [0.5, 0.6) is 0 Å². The van der Waals surface area contributed by atoms with Gasteiger partial charge in [-0.3, -0.25) is 14.5 Å². The Morgan fingerprint density at radius 1 is 1.07 bits per heavy atom. The molecular formula is C23H20Cl2FNO2. The van der Waals surface area contributed by atoms with Crippen LogP contribution in [0.15, 0.2) is 53.7 Å². The van der Waals surface area contributed by atoms with Crippen molar-refractivity contribution in [3.05, 3.63) is 75.2 Å². The lowest BCUT2D eigenvalue weighted by atomic mass is 9.69. The van der Waals surface area contributed by atoms with Crippen LogP contribution < -0.4 is 4.90 Å². The van der Waals surface area contributed by atoms with Gasteiger partial charge < -0.3 is 0 Å². The normalized spacial score (nSPS) is 21.4. The summed E-state index contributed by atoms with van der Waals surface area (Å²) in [6.45, 7) is 4.00. The molecule has 1 aliphatic heterocycles. The fourth-order valence-corrected chi connectivity index (χ4v) is 4.92. The second kappa shape index (κ2) is 7.26. The molecule has 0 saturated carbocycles. The van der Waals surface area contributed by atoms with E-state index in [2.05, 4.69) is 0 Å². The third-order valence-electron chi connectivity index (χ3n) is 5.55. The molecule has 4 rings (SSSR count). The second-order valence-electron chi connectivity index (χ2n) is 8.43. The molecule has 150 valence electrons. The molecule has 1 atom stereocenters. The Labute approximate surface area is 179 Å². The lowest BCUT2D eigenvalue weighted by Crippen LogP contribution is -2.43. The molecule has 6 heteroatoms. The first-order valence-electron chi connectivity index (χ1n) is 9.46. The van der Waals surface area contributed by atoms with E-state index in [4.69, 9.17) is 23.2 Å². The Balaban J connectivity index is 1.92. The molecule has 1 aliphatic carbocycles. The van der Waals surface area contributed by atoms with Crippen molar-refractivity contribution >= 4 is 40.6 Å². The van der Waals surface area contributed by atoms with E-state index >= 15 is 0 Å². The van der Waals surface area contributed by atoms with Gasteiger partial charge in [-0.1, -0.05) is 49.2 Å². The van der Waals surface area contributed by atoms with Gasteiger partial charge in [0.25, 0.3) is 0 Å². The van der Waals surface area contributed by atoms with Crippen molar-refractivity contribution in [1.29, 1.82) is 0 Å². The van der Waals surface area contributed by atoms with Gasteiger partial charge in [0, 0.05) is 40.1 Å². The Hall–Kier alpha value is -2.17. The quantitative estimate of drug-likeness (QED) is 0.559. The third-order valence-corrected chi connectivity index (χ3v) is 6.11.